The van der Waals surface area contributed by atoms with Crippen LogP contribution in [0.4, 0.5) is 0 Å². The van der Waals surface area contributed by atoms with Crippen molar-refractivity contribution in [1.29, 1.82) is 0 Å². The average Bonchev–Trinajstić information content (AvgIpc) is 3.43. The fourth-order valence-electron chi connectivity index (χ4n) is 4.79. The summed E-state index contributed by atoms with van der Waals surface area (Å²) in [5.41, 5.74) is 0.898. The Bertz CT molecular complexity index is 1110. The van der Waals surface area contributed by atoms with Gasteiger partial charge in [0.1, 0.15) is 12.2 Å². The van der Waals surface area contributed by atoms with E-state index in [0.29, 0.717) is 29.4 Å². The first-order chi connectivity index (χ1) is 15.8. The molecule has 0 aromatic heterocycles. The third-order valence-corrected chi connectivity index (χ3v) is 6.34. The number of benzene rings is 2. The highest BCUT2D eigenvalue weighted by atomic mass is 16.7. The van der Waals surface area contributed by atoms with E-state index in [-0.39, 0.29) is 26.8 Å². The van der Waals surface area contributed by atoms with Crippen LogP contribution in [0.15, 0.2) is 30.3 Å². The van der Waals surface area contributed by atoms with Crippen LogP contribution in [0.2, 0.25) is 0 Å². The van der Waals surface area contributed by atoms with E-state index >= 15 is 0 Å². The molecule has 5 rings (SSSR count). The molecule has 174 valence electrons. The quantitative estimate of drug-likeness (QED) is 0.678. The molecule has 1 aliphatic carbocycles. The number of fused-ring (bicyclic) bond motifs is 3. The normalized spacial score (nSPS) is 24.2. The maximum absolute atomic E-state index is 12.1. The summed E-state index contributed by atoms with van der Waals surface area (Å²) in [6, 6.07) is 9.19. The first-order valence-corrected chi connectivity index (χ1v) is 10.7. The van der Waals surface area contributed by atoms with Crippen LogP contribution in [0.5, 0.6) is 23.0 Å². The largest absolute Gasteiger partial charge is 0.465 e. The molecule has 0 bridgehead atoms. The maximum Gasteiger partial charge on any atom is 0.302 e. The van der Waals surface area contributed by atoms with E-state index in [1.807, 2.05) is 24.3 Å². The molecule has 1 N–H and O–H groups in total. The van der Waals surface area contributed by atoms with Gasteiger partial charge in [0, 0.05) is 25.7 Å². The number of hydrogen-bond acceptors (Lipinski definition) is 9. The van der Waals surface area contributed by atoms with E-state index < -0.39 is 29.4 Å². The molecule has 0 saturated carbocycles. The Labute approximate surface area is 190 Å². The Balaban J connectivity index is 1.66. The summed E-state index contributed by atoms with van der Waals surface area (Å²) < 4.78 is 32.8. The number of esters is 2. The Kier molecular flexibility index (Phi) is 5.28. The summed E-state index contributed by atoms with van der Waals surface area (Å²) in [6.45, 7) is 2.51. The molecule has 2 aliphatic heterocycles. The van der Waals surface area contributed by atoms with E-state index in [4.69, 9.17) is 28.4 Å². The first-order valence-electron chi connectivity index (χ1n) is 10.7. The highest BCUT2D eigenvalue weighted by molar-refractivity contribution is 5.66. The highest BCUT2D eigenvalue weighted by Crippen LogP contribution is 2.51. The molecule has 0 unspecified atom stereocenters. The topological polar surface area (TPSA) is 110 Å². The van der Waals surface area contributed by atoms with Crippen molar-refractivity contribution in [3.63, 3.8) is 0 Å². The molecule has 0 saturated heterocycles. The van der Waals surface area contributed by atoms with Crippen molar-refractivity contribution in [3.8, 4) is 23.0 Å². The van der Waals surface area contributed by atoms with Gasteiger partial charge in [-0.3, -0.25) is 9.59 Å². The van der Waals surface area contributed by atoms with E-state index in [1.165, 1.54) is 13.8 Å². The van der Waals surface area contributed by atoms with Crippen LogP contribution in [0.3, 0.4) is 0 Å². The predicted octanol–water partition coefficient (Wildman–Crippen LogP) is 2.31. The zero-order chi connectivity index (χ0) is 23.2. The van der Waals surface area contributed by atoms with E-state index in [9.17, 15) is 14.7 Å². The fraction of sp³-hybridized carbons (Fsp3) is 0.417. The van der Waals surface area contributed by atoms with Gasteiger partial charge in [-0.05, 0) is 47.4 Å². The molecule has 33 heavy (non-hydrogen) atoms. The summed E-state index contributed by atoms with van der Waals surface area (Å²) in [5, 5.41) is 12.1. The second-order valence-electron chi connectivity index (χ2n) is 8.43. The van der Waals surface area contributed by atoms with Crippen LogP contribution in [0.1, 0.15) is 36.5 Å². The third kappa shape index (κ3) is 3.82. The Morgan fingerprint density at radius 1 is 0.939 bits per heavy atom. The van der Waals surface area contributed by atoms with Gasteiger partial charge in [0.2, 0.25) is 13.6 Å². The second-order valence-corrected chi connectivity index (χ2v) is 8.43. The van der Waals surface area contributed by atoms with Gasteiger partial charge < -0.3 is 33.5 Å². The lowest BCUT2D eigenvalue weighted by molar-refractivity contribution is -0.163. The number of ether oxygens (including phenoxy) is 6. The lowest BCUT2D eigenvalue weighted by Crippen LogP contribution is -2.54. The second kappa shape index (κ2) is 8.15. The van der Waals surface area contributed by atoms with Crippen molar-refractivity contribution in [2.45, 2.75) is 31.8 Å². The molecule has 0 fully saturated rings. The van der Waals surface area contributed by atoms with Crippen molar-refractivity contribution in [2.75, 3.05) is 26.8 Å². The van der Waals surface area contributed by atoms with Gasteiger partial charge in [-0.1, -0.05) is 6.07 Å². The smallest absolute Gasteiger partial charge is 0.302 e. The molecule has 9 nitrogen and oxygen atoms in total. The Hall–Kier alpha value is -3.46. The number of aliphatic hydroxyl groups is 1. The average molecular weight is 456 g/mol. The molecule has 2 heterocycles. The van der Waals surface area contributed by atoms with Gasteiger partial charge in [-0.15, -0.1) is 0 Å². The molecule has 3 aliphatic rings. The van der Waals surface area contributed by atoms with Gasteiger partial charge in [0.25, 0.3) is 0 Å². The standard InChI is InChI=1S/C24H24O9/c1-13(25)28-9-17-5-16-7-21-22(33-12-32-21)8-18(16)23(24(17,27)10-29-14(2)26)15-3-4-19-20(6-15)31-11-30-19/h3-4,6-8,17,23,27H,5,9-12H2,1-2H3/t17-,23-,24+/m0/s1. The molecule has 3 atom stereocenters. The molecule has 0 spiro atoms. The van der Waals surface area contributed by atoms with Crippen LogP contribution >= 0.6 is 0 Å². The third-order valence-electron chi connectivity index (χ3n) is 6.34. The fourth-order valence-corrected chi connectivity index (χ4v) is 4.79. The first kappa shape index (κ1) is 21.4. The van der Waals surface area contributed by atoms with Gasteiger partial charge in [0.15, 0.2) is 23.0 Å². The van der Waals surface area contributed by atoms with Crippen LogP contribution in [0, 0.1) is 5.92 Å². The highest BCUT2D eigenvalue weighted by Gasteiger charge is 2.51. The van der Waals surface area contributed by atoms with Crippen molar-refractivity contribution < 1.29 is 43.1 Å². The molecule has 2 aromatic carbocycles. The number of rotatable bonds is 5. The number of carbonyl (C=O) groups is 2. The van der Waals surface area contributed by atoms with E-state index in [1.54, 1.807) is 6.07 Å². The van der Waals surface area contributed by atoms with Crippen LogP contribution < -0.4 is 18.9 Å². The Morgan fingerprint density at radius 2 is 1.58 bits per heavy atom. The number of hydrogen-bond donors (Lipinski definition) is 1. The monoisotopic (exact) mass is 456 g/mol. The predicted molar refractivity (Wildman–Crippen MR) is 112 cm³/mol. The van der Waals surface area contributed by atoms with Crippen molar-refractivity contribution >= 4 is 11.9 Å². The zero-order valence-corrected chi connectivity index (χ0v) is 18.3. The van der Waals surface area contributed by atoms with Gasteiger partial charge in [0.05, 0.1) is 6.61 Å². The summed E-state index contributed by atoms with van der Waals surface area (Å²) in [7, 11) is 0. The zero-order valence-electron chi connectivity index (χ0n) is 18.3. The summed E-state index contributed by atoms with van der Waals surface area (Å²) in [6.07, 6.45) is 0.387. The summed E-state index contributed by atoms with van der Waals surface area (Å²) in [4.78, 5) is 23.3. The van der Waals surface area contributed by atoms with Crippen LogP contribution in [0.25, 0.3) is 0 Å². The van der Waals surface area contributed by atoms with Gasteiger partial charge in [-0.25, -0.2) is 0 Å². The van der Waals surface area contributed by atoms with Crippen molar-refractivity contribution in [2.24, 2.45) is 5.92 Å². The SMILES string of the molecule is CC(=O)OC[C@@H]1Cc2cc3c(cc2[C@H](c2ccc4c(c2)OCO4)[C@@]1(O)COC(C)=O)OCO3. The van der Waals surface area contributed by atoms with Gasteiger partial charge >= 0.3 is 11.9 Å². The Morgan fingerprint density at radius 3 is 2.27 bits per heavy atom. The number of carbonyl (C=O) groups excluding carboxylic acids is 2. The van der Waals surface area contributed by atoms with E-state index in [0.717, 1.165) is 16.7 Å². The lowest BCUT2D eigenvalue weighted by atomic mass is 9.63. The molecular formula is C24H24O9. The lowest BCUT2D eigenvalue weighted by Gasteiger charge is -2.46. The molecule has 0 radical (unpaired) electrons. The molecule has 2 aromatic rings. The summed E-state index contributed by atoms with van der Waals surface area (Å²) >= 11 is 0. The molecule has 0 amide bonds. The van der Waals surface area contributed by atoms with Crippen molar-refractivity contribution in [3.05, 3.63) is 47.0 Å². The van der Waals surface area contributed by atoms with Crippen LogP contribution in [-0.4, -0.2) is 49.4 Å². The van der Waals surface area contributed by atoms with Crippen molar-refractivity contribution in [1.82, 2.24) is 0 Å². The molecule has 9 heteroatoms. The molecular weight excluding hydrogens is 432 g/mol. The van der Waals surface area contributed by atoms with Gasteiger partial charge in [-0.2, -0.15) is 0 Å². The maximum atomic E-state index is 12.1. The minimum absolute atomic E-state index is 0.0397. The summed E-state index contributed by atoms with van der Waals surface area (Å²) in [5.74, 6) is 0.209. The minimum Gasteiger partial charge on any atom is -0.465 e. The minimum atomic E-state index is -1.57. The van der Waals surface area contributed by atoms with E-state index in [2.05, 4.69) is 0 Å². The van der Waals surface area contributed by atoms with Crippen LogP contribution in [-0.2, 0) is 25.5 Å².